The van der Waals surface area contributed by atoms with Crippen molar-refractivity contribution in [1.29, 1.82) is 0 Å². The van der Waals surface area contributed by atoms with Crippen molar-refractivity contribution in [2.45, 2.75) is 19.6 Å². The number of hydrogen-bond donors (Lipinski definition) is 0. The second-order valence-electron chi connectivity index (χ2n) is 4.84. The molecule has 0 bridgehead atoms. The first-order chi connectivity index (χ1) is 8.79. The normalized spacial score (nSPS) is 19.4. The lowest BCUT2D eigenvalue weighted by atomic mass is 10.1. The molecule has 1 unspecified atom stereocenters. The number of nitrogens with zero attached hydrogens (tertiary/aromatic N) is 3. The Labute approximate surface area is 107 Å². The third-order valence-corrected chi connectivity index (χ3v) is 3.63. The van der Waals surface area contributed by atoms with Crippen LogP contribution in [0.3, 0.4) is 0 Å². The Bertz CT molecular complexity index is 549. The smallest absolute Gasteiger partial charge is 0.112 e. The predicted molar refractivity (Wildman–Crippen MR) is 71.6 cm³/mol. The molecule has 0 spiro atoms. The Morgan fingerprint density at radius 1 is 1.44 bits per heavy atom. The molecule has 1 aliphatic heterocycles. The van der Waals surface area contributed by atoms with Gasteiger partial charge in [0.05, 0.1) is 24.4 Å². The van der Waals surface area contributed by atoms with Crippen LogP contribution in [0.25, 0.3) is 10.9 Å². The van der Waals surface area contributed by atoms with Gasteiger partial charge in [0.2, 0.25) is 0 Å². The minimum atomic E-state index is 0.135. The fraction of sp³-hybridized carbons (Fsp3) is 0.500. The number of fused-ring (bicyclic) bond motifs is 3. The number of aromatic nitrogens is 2. The summed E-state index contributed by atoms with van der Waals surface area (Å²) in [5, 5.41) is 5.88. The van der Waals surface area contributed by atoms with Gasteiger partial charge in [0.25, 0.3) is 0 Å². The first kappa shape index (κ1) is 11.7. The lowest BCUT2D eigenvalue weighted by molar-refractivity contribution is 0.000555. The number of likely N-dealkylation sites (N-methyl/N-ethyl adjacent to an activating group) is 1. The molecule has 0 amide bonds. The lowest BCUT2D eigenvalue weighted by Gasteiger charge is -2.28. The Balaban J connectivity index is 2.03. The standard InChI is InChI=1S/C14H19N3O/c1-3-16(2)10-13-14-11-6-4-5-7-12(11)15-17(14)8-9-18-13/h4-7,13H,3,8-10H2,1-2H3. The monoisotopic (exact) mass is 245 g/mol. The molecule has 2 heterocycles. The predicted octanol–water partition coefficient (Wildman–Crippen LogP) is 2.06. The molecule has 4 nitrogen and oxygen atoms in total. The van der Waals surface area contributed by atoms with Crippen molar-refractivity contribution in [3.8, 4) is 0 Å². The molecule has 1 aromatic carbocycles. The van der Waals surface area contributed by atoms with E-state index in [1.54, 1.807) is 0 Å². The van der Waals surface area contributed by atoms with Gasteiger partial charge in [-0.2, -0.15) is 5.10 Å². The summed E-state index contributed by atoms with van der Waals surface area (Å²) in [6.45, 7) is 5.73. The van der Waals surface area contributed by atoms with E-state index >= 15 is 0 Å². The van der Waals surface area contributed by atoms with Gasteiger partial charge in [0.1, 0.15) is 6.10 Å². The largest absolute Gasteiger partial charge is 0.369 e. The molecule has 1 aromatic heterocycles. The number of rotatable bonds is 3. The van der Waals surface area contributed by atoms with Gasteiger partial charge < -0.3 is 9.64 Å². The molecule has 0 aliphatic carbocycles. The van der Waals surface area contributed by atoms with E-state index in [2.05, 4.69) is 46.9 Å². The average Bonchev–Trinajstić information content (AvgIpc) is 2.78. The highest BCUT2D eigenvalue weighted by molar-refractivity contribution is 5.82. The van der Waals surface area contributed by atoms with Gasteiger partial charge in [0.15, 0.2) is 0 Å². The summed E-state index contributed by atoms with van der Waals surface area (Å²) in [6.07, 6.45) is 0.135. The van der Waals surface area contributed by atoms with Gasteiger partial charge in [-0.1, -0.05) is 25.1 Å². The maximum Gasteiger partial charge on any atom is 0.112 e. The molecule has 3 rings (SSSR count). The summed E-state index contributed by atoms with van der Waals surface area (Å²) in [5.74, 6) is 0. The Morgan fingerprint density at radius 3 is 3.11 bits per heavy atom. The minimum absolute atomic E-state index is 0.135. The molecular formula is C14H19N3O. The molecule has 0 saturated carbocycles. The van der Waals surface area contributed by atoms with Crippen molar-refractivity contribution in [2.75, 3.05) is 26.7 Å². The van der Waals surface area contributed by atoms with Crippen LogP contribution in [0, 0.1) is 0 Å². The molecule has 0 radical (unpaired) electrons. The molecule has 1 aliphatic rings. The third-order valence-electron chi connectivity index (χ3n) is 3.63. The van der Waals surface area contributed by atoms with Crippen LogP contribution >= 0.6 is 0 Å². The maximum atomic E-state index is 5.94. The molecule has 18 heavy (non-hydrogen) atoms. The van der Waals surface area contributed by atoms with Crippen molar-refractivity contribution in [1.82, 2.24) is 14.7 Å². The van der Waals surface area contributed by atoms with E-state index in [9.17, 15) is 0 Å². The summed E-state index contributed by atoms with van der Waals surface area (Å²) >= 11 is 0. The van der Waals surface area contributed by atoms with E-state index in [0.717, 1.165) is 31.8 Å². The van der Waals surface area contributed by atoms with Crippen LogP contribution in [0.5, 0.6) is 0 Å². The summed E-state index contributed by atoms with van der Waals surface area (Å²) in [4.78, 5) is 2.28. The zero-order valence-electron chi connectivity index (χ0n) is 11.0. The molecule has 0 fully saturated rings. The van der Waals surface area contributed by atoms with Gasteiger partial charge in [-0.05, 0) is 19.7 Å². The van der Waals surface area contributed by atoms with Crippen molar-refractivity contribution in [3.05, 3.63) is 30.0 Å². The Hall–Kier alpha value is -1.39. The topological polar surface area (TPSA) is 30.3 Å². The van der Waals surface area contributed by atoms with Gasteiger partial charge in [0, 0.05) is 11.9 Å². The van der Waals surface area contributed by atoms with Crippen LogP contribution in [0.4, 0.5) is 0 Å². The van der Waals surface area contributed by atoms with Crippen molar-refractivity contribution in [2.24, 2.45) is 0 Å². The van der Waals surface area contributed by atoms with Crippen LogP contribution in [0.1, 0.15) is 18.7 Å². The van der Waals surface area contributed by atoms with E-state index in [4.69, 9.17) is 4.74 Å². The maximum absolute atomic E-state index is 5.94. The van der Waals surface area contributed by atoms with Crippen molar-refractivity contribution in [3.63, 3.8) is 0 Å². The van der Waals surface area contributed by atoms with Crippen molar-refractivity contribution >= 4 is 10.9 Å². The molecule has 4 heteroatoms. The molecule has 96 valence electrons. The summed E-state index contributed by atoms with van der Waals surface area (Å²) in [7, 11) is 2.13. The average molecular weight is 245 g/mol. The molecule has 0 saturated heterocycles. The fourth-order valence-electron chi connectivity index (χ4n) is 2.52. The Kier molecular flexibility index (Phi) is 3.06. The van der Waals surface area contributed by atoms with E-state index in [1.165, 1.54) is 11.1 Å². The Morgan fingerprint density at radius 2 is 2.28 bits per heavy atom. The zero-order valence-corrected chi connectivity index (χ0v) is 11.0. The summed E-state index contributed by atoms with van der Waals surface area (Å²) in [5.41, 5.74) is 2.30. The summed E-state index contributed by atoms with van der Waals surface area (Å²) in [6, 6.07) is 8.32. The van der Waals surface area contributed by atoms with Gasteiger partial charge in [-0.25, -0.2) is 0 Å². The SMILES string of the molecule is CCN(C)CC1OCCn2nc3ccccc3c21. The van der Waals surface area contributed by atoms with E-state index in [0.29, 0.717) is 0 Å². The molecule has 0 N–H and O–H groups in total. The third kappa shape index (κ3) is 1.91. The lowest BCUT2D eigenvalue weighted by Crippen LogP contribution is -2.31. The quantitative estimate of drug-likeness (QED) is 0.829. The van der Waals surface area contributed by atoms with Crippen LogP contribution in [-0.4, -0.2) is 41.4 Å². The minimum Gasteiger partial charge on any atom is -0.369 e. The van der Waals surface area contributed by atoms with E-state index < -0.39 is 0 Å². The molecule has 1 atom stereocenters. The van der Waals surface area contributed by atoms with Gasteiger partial charge in [-0.15, -0.1) is 0 Å². The van der Waals surface area contributed by atoms with Crippen molar-refractivity contribution < 1.29 is 4.74 Å². The highest BCUT2D eigenvalue weighted by Crippen LogP contribution is 2.29. The van der Waals surface area contributed by atoms with E-state index in [-0.39, 0.29) is 6.10 Å². The first-order valence-corrected chi connectivity index (χ1v) is 6.55. The van der Waals surface area contributed by atoms with Gasteiger partial charge >= 0.3 is 0 Å². The second-order valence-corrected chi connectivity index (χ2v) is 4.84. The second kappa shape index (κ2) is 4.71. The molecular weight excluding hydrogens is 226 g/mol. The van der Waals surface area contributed by atoms with Crippen LogP contribution < -0.4 is 0 Å². The van der Waals surface area contributed by atoms with E-state index in [1.807, 2.05) is 6.07 Å². The van der Waals surface area contributed by atoms with Crippen LogP contribution in [-0.2, 0) is 11.3 Å². The number of ether oxygens (including phenoxy) is 1. The molecule has 2 aromatic rings. The van der Waals surface area contributed by atoms with Crippen LogP contribution in [0.2, 0.25) is 0 Å². The summed E-state index contributed by atoms with van der Waals surface area (Å²) < 4.78 is 8.05. The fourth-order valence-corrected chi connectivity index (χ4v) is 2.52. The highest BCUT2D eigenvalue weighted by Gasteiger charge is 2.25. The zero-order chi connectivity index (χ0) is 12.5. The number of benzene rings is 1. The van der Waals surface area contributed by atoms with Crippen LogP contribution in [0.15, 0.2) is 24.3 Å². The first-order valence-electron chi connectivity index (χ1n) is 6.55. The van der Waals surface area contributed by atoms with Gasteiger partial charge in [-0.3, -0.25) is 4.68 Å². The number of hydrogen-bond acceptors (Lipinski definition) is 3. The highest BCUT2D eigenvalue weighted by atomic mass is 16.5.